The molecule has 0 saturated carbocycles. The van der Waals surface area contributed by atoms with E-state index in [1.807, 2.05) is 18.3 Å². The van der Waals surface area contributed by atoms with Crippen LogP contribution in [-0.2, 0) is 6.42 Å². The number of pyridine rings is 1. The van der Waals surface area contributed by atoms with Crippen molar-refractivity contribution >= 4 is 17.2 Å². The minimum Gasteiger partial charge on any atom is -0.302 e. The van der Waals surface area contributed by atoms with Crippen molar-refractivity contribution in [3.8, 4) is 11.3 Å². The first-order chi connectivity index (χ1) is 8.72. The average Bonchev–Trinajstić information content (AvgIpc) is 2.86. The minimum absolute atomic E-state index is 0.745. The third kappa shape index (κ3) is 1.27. The number of aromatic nitrogens is 2. The summed E-state index contributed by atoms with van der Waals surface area (Å²) in [6.45, 7) is 2.12. The predicted molar refractivity (Wildman–Crippen MR) is 73.2 cm³/mol. The fraction of sp³-hybridized carbons (Fsp3) is 0.133. The van der Waals surface area contributed by atoms with Crippen LogP contribution in [0.2, 0.25) is 5.02 Å². The van der Waals surface area contributed by atoms with Gasteiger partial charge in [-0.1, -0.05) is 29.3 Å². The monoisotopic (exact) mass is 254 g/mol. The summed E-state index contributed by atoms with van der Waals surface area (Å²) in [5.41, 5.74) is 7.22. The molecule has 3 heteroatoms. The third-order valence-corrected chi connectivity index (χ3v) is 3.78. The maximum atomic E-state index is 6.07. The second-order valence-corrected chi connectivity index (χ2v) is 5.26. The van der Waals surface area contributed by atoms with Gasteiger partial charge in [0.2, 0.25) is 0 Å². The molecule has 0 saturated heterocycles. The molecule has 3 aromatic rings. The molecule has 0 radical (unpaired) electrons. The lowest BCUT2D eigenvalue weighted by Crippen LogP contribution is -1.91. The summed E-state index contributed by atoms with van der Waals surface area (Å²) in [5.74, 6) is 0. The van der Waals surface area contributed by atoms with Crippen LogP contribution in [-0.4, -0.2) is 9.38 Å². The second-order valence-electron chi connectivity index (χ2n) is 4.82. The molecule has 2 nitrogen and oxygen atoms in total. The van der Waals surface area contributed by atoms with Crippen LogP contribution in [0.5, 0.6) is 0 Å². The number of fused-ring (bicyclic) bond motifs is 5. The molecular formula is C15H11ClN2. The summed E-state index contributed by atoms with van der Waals surface area (Å²) in [7, 11) is 0. The summed E-state index contributed by atoms with van der Waals surface area (Å²) in [6, 6.07) is 10.4. The zero-order valence-corrected chi connectivity index (χ0v) is 10.7. The fourth-order valence-electron chi connectivity index (χ4n) is 2.70. The van der Waals surface area contributed by atoms with E-state index >= 15 is 0 Å². The maximum absolute atomic E-state index is 6.07. The first-order valence-electron chi connectivity index (χ1n) is 5.99. The highest BCUT2D eigenvalue weighted by Crippen LogP contribution is 2.37. The van der Waals surface area contributed by atoms with Gasteiger partial charge in [-0.2, -0.15) is 0 Å². The lowest BCUT2D eigenvalue weighted by molar-refractivity contribution is 1.05. The van der Waals surface area contributed by atoms with Crippen LogP contribution in [0.15, 0.2) is 36.5 Å². The van der Waals surface area contributed by atoms with Gasteiger partial charge in [0.15, 0.2) is 0 Å². The fourth-order valence-corrected chi connectivity index (χ4v) is 2.86. The van der Waals surface area contributed by atoms with Gasteiger partial charge < -0.3 is 4.40 Å². The van der Waals surface area contributed by atoms with Crippen molar-refractivity contribution in [3.05, 3.63) is 58.4 Å². The Kier molecular flexibility index (Phi) is 1.90. The molecule has 0 aliphatic heterocycles. The largest absolute Gasteiger partial charge is 0.302 e. The molecule has 18 heavy (non-hydrogen) atoms. The molecule has 0 N–H and O–H groups in total. The van der Waals surface area contributed by atoms with Crippen LogP contribution in [0.4, 0.5) is 0 Å². The molecule has 0 amide bonds. The standard InChI is InChI=1S/C15H11ClN2/c1-9-2-3-10-7-13-15(12(10)6-9)17-14-5-4-11(16)8-18(13)14/h2-6,8H,7H2,1H3. The predicted octanol–water partition coefficient (Wildman–Crippen LogP) is 3.87. The first-order valence-corrected chi connectivity index (χ1v) is 6.36. The topological polar surface area (TPSA) is 17.3 Å². The van der Waals surface area contributed by atoms with Gasteiger partial charge in [-0.3, -0.25) is 0 Å². The van der Waals surface area contributed by atoms with Crippen LogP contribution in [0.1, 0.15) is 16.8 Å². The van der Waals surface area contributed by atoms with Crippen LogP contribution in [0.25, 0.3) is 16.9 Å². The summed E-state index contributed by atoms with van der Waals surface area (Å²) in [6.07, 6.45) is 2.88. The smallest absolute Gasteiger partial charge is 0.137 e. The van der Waals surface area contributed by atoms with Crippen LogP contribution < -0.4 is 0 Å². The third-order valence-electron chi connectivity index (χ3n) is 3.56. The van der Waals surface area contributed by atoms with E-state index in [9.17, 15) is 0 Å². The Balaban J connectivity index is 2.06. The lowest BCUT2D eigenvalue weighted by Gasteiger charge is -2.01. The van der Waals surface area contributed by atoms with Crippen molar-refractivity contribution < 1.29 is 0 Å². The van der Waals surface area contributed by atoms with Gasteiger partial charge in [0, 0.05) is 18.2 Å². The minimum atomic E-state index is 0.745. The normalized spacial score (nSPS) is 12.8. The highest BCUT2D eigenvalue weighted by atomic mass is 35.5. The maximum Gasteiger partial charge on any atom is 0.137 e. The number of hydrogen-bond acceptors (Lipinski definition) is 1. The van der Waals surface area contributed by atoms with E-state index in [-0.39, 0.29) is 0 Å². The van der Waals surface area contributed by atoms with E-state index in [0.29, 0.717) is 0 Å². The van der Waals surface area contributed by atoms with Crippen molar-refractivity contribution in [3.63, 3.8) is 0 Å². The Morgan fingerprint density at radius 2 is 2.11 bits per heavy atom. The number of imidazole rings is 1. The van der Waals surface area contributed by atoms with Gasteiger partial charge in [-0.05, 0) is 30.7 Å². The highest BCUT2D eigenvalue weighted by Gasteiger charge is 2.23. The van der Waals surface area contributed by atoms with Crippen molar-refractivity contribution in [2.24, 2.45) is 0 Å². The molecule has 4 rings (SSSR count). The Labute approximate surface area is 110 Å². The number of rotatable bonds is 0. The van der Waals surface area contributed by atoms with E-state index in [0.717, 1.165) is 22.8 Å². The molecule has 0 spiro atoms. The number of benzene rings is 1. The zero-order chi connectivity index (χ0) is 12.3. The molecule has 2 heterocycles. The van der Waals surface area contributed by atoms with E-state index < -0.39 is 0 Å². The second kappa shape index (κ2) is 3.36. The summed E-state index contributed by atoms with van der Waals surface area (Å²) >= 11 is 6.07. The van der Waals surface area contributed by atoms with Gasteiger partial charge in [0.1, 0.15) is 5.65 Å². The number of hydrogen-bond donors (Lipinski definition) is 0. The van der Waals surface area contributed by atoms with Gasteiger partial charge in [0.25, 0.3) is 0 Å². The van der Waals surface area contributed by atoms with Crippen molar-refractivity contribution in [2.75, 3.05) is 0 Å². The van der Waals surface area contributed by atoms with E-state index in [2.05, 4.69) is 29.5 Å². The summed E-state index contributed by atoms with van der Waals surface area (Å²) < 4.78 is 2.10. The summed E-state index contributed by atoms with van der Waals surface area (Å²) in [5, 5.41) is 0.745. The molecule has 2 aromatic heterocycles. The SMILES string of the molecule is Cc1ccc2c(c1)-c1nc3ccc(Cl)cn3c1C2. The quantitative estimate of drug-likeness (QED) is 0.466. The molecule has 0 bridgehead atoms. The van der Waals surface area contributed by atoms with Crippen LogP contribution in [0.3, 0.4) is 0 Å². The molecule has 0 fully saturated rings. The van der Waals surface area contributed by atoms with Gasteiger partial charge in [-0.15, -0.1) is 0 Å². The number of aryl methyl sites for hydroxylation is 1. The Morgan fingerprint density at radius 3 is 3.00 bits per heavy atom. The molecular weight excluding hydrogens is 244 g/mol. The molecule has 88 valence electrons. The van der Waals surface area contributed by atoms with E-state index in [4.69, 9.17) is 16.6 Å². The lowest BCUT2D eigenvalue weighted by atomic mass is 10.1. The Bertz CT molecular complexity index is 787. The highest BCUT2D eigenvalue weighted by molar-refractivity contribution is 6.30. The summed E-state index contributed by atoms with van der Waals surface area (Å²) in [4.78, 5) is 4.72. The van der Waals surface area contributed by atoms with Crippen molar-refractivity contribution in [1.82, 2.24) is 9.38 Å². The Hall–Kier alpha value is -1.80. The van der Waals surface area contributed by atoms with E-state index in [1.165, 1.54) is 22.4 Å². The van der Waals surface area contributed by atoms with Crippen molar-refractivity contribution in [2.45, 2.75) is 13.3 Å². The number of halogens is 1. The molecule has 1 aliphatic carbocycles. The van der Waals surface area contributed by atoms with Gasteiger partial charge in [0.05, 0.1) is 16.4 Å². The van der Waals surface area contributed by atoms with E-state index in [1.54, 1.807) is 0 Å². The molecule has 0 atom stereocenters. The van der Waals surface area contributed by atoms with Gasteiger partial charge in [-0.25, -0.2) is 4.98 Å². The first kappa shape index (κ1) is 10.2. The van der Waals surface area contributed by atoms with Gasteiger partial charge >= 0.3 is 0 Å². The average molecular weight is 255 g/mol. The Morgan fingerprint density at radius 1 is 1.22 bits per heavy atom. The van der Waals surface area contributed by atoms with Crippen LogP contribution in [0, 0.1) is 6.92 Å². The molecule has 0 unspecified atom stereocenters. The molecule has 1 aromatic carbocycles. The number of nitrogens with zero attached hydrogens (tertiary/aromatic N) is 2. The van der Waals surface area contributed by atoms with Crippen LogP contribution >= 0.6 is 11.6 Å². The van der Waals surface area contributed by atoms with Crippen molar-refractivity contribution in [1.29, 1.82) is 0 Å². The molecule has 1 aliphatic rings. The zero-order valence-electron chi connectivity index (χ0n) is 9.94.